The van der Waals surface area contributed by atoms with E-state index in [2.05, 4.69) is 16.9 Å². The smallest absolute Gasteiger partial charge is 0.319 e. The minimum Gasteiger partial charge on any atom is -0.389 e. The molecule has 19 heavy (non-hydrogen) atoms. The van der Waals surface area contributed by atoms with Crippen LogP contribution in [0.2, 0.25) is 0 Å². The molecule has 0 radical (unpaired) electrons. The van der Waals surface area contributed by atoms with Crippen LogP contribution in [0, 0.1) is 0 Å². The normalized spacial score (nSPS) is 13.7. The van der Waals surface area contributed by atoms with E-state index in [9.17, 15) is 9.90 Å². The molecule has 0 aliphatic rings. The van der Waals surface area contributed by atoms with Crippen molar-refractivity contribution >= 4 is 23.5 Å². The zero-order chi connectivity index (χ0) is 14.3. The Hall–Kier alpha value is -1.20. The Morgan fingerprint density at radius 2 is 1.95 bits per heavy atom. The van der Waals surface area contributed by atoms with Crippen LogP contribution in [-0.4, -0.2) is 29.2 Å². The predicted octanol–water partition coefficient (Wildman–Crippen LogP) is 3.00. The van der Waals surface area contributed by atoms with Crippen molar-refractivity contribution < 1.29 is 9.90 Å². The van der Waals surface area contributed by atoms with E-state index in [1.165, 1.54) is 0 Å². The molecule has 0 aliphatic heterocycles. The quantitative estimate of drug-likeness (QED) is 0.751. The number of nitrogens with one attached hydrogen (secondary N) is 2. The molecule has 0 aliphatic carbocycles. The van der Waals surface area contributed by atoms with E-state index in [-0.39, 0.29) is 12.1 Å². The first-order valence-corrected chi connectivity index (χ1v) is 7.76. The van der Waals surface area contributed by atoms with Crippen LogP contribution in [0.1, 0.15) is 31.9 Å². The lowest BCUT2D eigenvalue weighted by molar-refractivity contribution is 0.199. The average Bonchev–Trinajstić information content (AvgIpc) is 2.36. The maximum atomic E-state index is 11.7. The van der Waals surface area contributed by atoms with Crippen LogP contribution in [0.4, 0.5) is 10.5 Å². The SMILES string of the molecule is CSCCC(C)NC(=O)Nc1ccc(C(C)O)cc1. The second-order valence-electron chi connectivity index (χ2n) is 4.58. The minimum absolute atomic E-state index is 0.157. The Balaban J connectivity index is 2.43. The van der Waals surface area contributed by atoms with E-state index >= 15 is 0 Å². The van der Waals surface area contributed by atoms with E-state index < -0.39 is 6.10 Å². The van der Waals surface area contributed by atoms with Gasteiger partial charge in [-0.1, -0.05) is 12.1 Å². The molecule has 106 valence electrons. The predicted molar refractivity (Wildman–Crippen MR) is 81.7 cm³/mol. The van der Waals surface area contributed by atoms with Crippen molar-refractivity contribution in [2.45, 2.75) is 32.4 Å². The Morgan fingerprint density at radius 3 is 2.47 bits per heavy atom. The first-order valence-electron chi connectivity index (χ1n) is 6.37. The van der Waals surface area contributed by atoms with Gasteiger partial charge in [0.2, 0.25) is 0 Å². The van der Waals surface area contributed by atoms with Crippen LogP contribution in [0.3, 0.4) is 0 Å². The van der Waals surface area contributed by atoms with Crippen molar-refractivity contribution in [1.82, 2.24) is 5.32 Å². The fraction of sp³-hybridized carbons (Fsp3) is 0.500. The minimum atomic E-state index is -0.491. The zero-order valence-electron chi connectivity index (χ0n) is 11.6. The highest BCUT2D eigenvalue weighted by molar-refractivity contribution is 7.98. The van der Waals surface area contributed by atoms with Crippen molar-refractivity contribution in [3.05, 3.63) is 29.8 Å². The molecule has 0 heterocycles. The van der Waals surface area contributed by atoms with Gasteiger partial charge in [-0.3, -0.25) is 0 Å². The first-order chi connectivity index (χ1) is 9.02. The van der Waals surface area contributed by atoms with Crippen LogP contribution in [-0.2, 0) is 0 Å². The monoisotopic (exact) mass is 282 g/mol. The third-order valence-electron chi connectivity index (χ3n) is 2.78. The number of rotatable bonds is 6. The van der Waals surface area contributed by atoms with Crippen LogP contribution >= 0.6 is 11.8 Å². The molecule has 0 saturated carbocycles. The fourth-order valence-electron chi connectivity index (χ4n) is 1.60. The molecule has 1 aromatic rings. The Labute approximate surface area is 119 Å². The molecular weight excluding hydrogens is 260 g/mol. The molecular formula is C14H22N2O2S. The highest BCUT2D eigenvalue weighted by Crippen LogP contribution is 2.15. The van der Waals surface area contributed by atoms with Gasteiger partial charge < -0.3 is 15.7 Å². The molecule has 2 unspecified atom stereocenters. The highest BCUT2D eigenvalue weighted by Gasteiger charge is 2.07. The number of carbonyl (C=O) groups excluding carboxylic acids is 1. The summed E-state index contributed by atoms with van der Waals surface area (Å²) in [5, 5.41) is 15.1. The largest absolute Gasteiger partial charge is 0.389 e. The van der Waals surface area contributed by atoms with Gasteiger partial charge in [0.05, 0.1) is 6.10 Å². The van der Waals surface area contributed by atoms with E-state index in [4.69, 9.17) is 0 Å². The molecule has 0 bridgehead atoms. The van der Waals surface area contributed by atoms with Gasteiger partial charge in [-0.15, -0.1) is 0 Å². The van der Waals surface area contributed by atoms with Crippen LogP contribution < -0.4 is 10.6 Å². The van der Waals surface area contributed by atoms with Gasteiger partial charge in [0, 0.05) is 11.7 Å². The number of carbonyl (C=O) groups is 1. The molecule has 4 nitrogen and oxygen atoms in total. The Bertz CT molecular complexity index is 393. The summed E-state index contributed by atoms with van der Waals surface area (Å²) in [5.41, 5.74) is 1.55. The first kappa shape index (κ1) is 15.9. The lowest BCUT2D eigenvalue weighted by Crippen LogP contribution is -2.36. The molecule has 1 aromatic carbocycles. The lowest BCUT2D eigenvalue weighted by atomic mass is 10.1. The van der Waals surface area contributed by atoms with Crippen molar-refractivity contribution in [2.24, 2.45) is 0 Å². The number of benzene rings is 1. The summed E-state index contributed by atoms with van der Waals surface area (Å²) in [6.45, 7) is 3.70. The number of thioether (sulfide) groups is 1. The fourth-order valence-corrected chi connectivity index (χ4v) is 2.19. The summed E-state index contributed by atoms with van der Waals surface area (Å²) in [6.07, 6.45) is 2.51. The van der Waals surface area contributed by atoms with E-state index in [1.54, 1.807) is 43.0 Å². The molecule has 5 heteroatoms. The van der Waals surface area contributed by atoms with Crippen molar-refractivity contribution in [2.75, 3.05) is 17.3 Å². The topological polar surface area (TPSA) is 61.4 Å². The molecule has 0 fully saturated rings. The molecule has 3 N–H and O–H groups in total. The number of aliphatic hydroxyl groups excluding tert-OH is 1. The summed E-state index contributed by atoms with van der Waals surface area (Å²) in [5.74, 6) is 1.03. The van der Waals surface area contributed by atoms with Crippen molar-refractivity contribution in [3.8, 4) is 0 Å². The van der Waals surface area contributed by atoms with Gasteiger partial charge in [-0.05, 0) is 50.0 Å². The Morgan fingerprint density at radius 1 is 1.32 bits per heavy atom. The maximum Gasteiger partial charge on any atom is 0.319 e. The third kappa shape index (κ3) is 5.98. The van der Waals surface area contributed by atoms with E-state index in [0.717, 1.165) is 23.4 Å². The van der Waals surface area contributed by atoms with Crippen molar-refractivity contribution in [3.63, 3.8) is 0 Å². The summed E-state index contributed by atoms with van der Waals surface area (Å²) in [4.78, 5) is 11.7. The van der Waals surface area contributed by atoms with E-state index in [0.29, 0.717) is 0 Å². The second-order valence-corrected chi connectivity index (χ2v) is 5.56. The van der Waals surface area contributed by atoms with Gasteiger partial charge in [0.1, 0.15) is 0 Å². The lowest BCUT2D eigenvalue weighted by Gasteiger charge is -2.14. The van der Waals surface area contributed by atoms with Crippen molar-refractivity contribution in [1.29, 1.82) is 0 Å². The van der Waals surface area contributed by atoms with Gasteiger partial charge >= 0.3 is 6.03 Å². The summed E-state index contributed by atoms with van der Waals surface area (Å²) >= 11 is 1.77. The number of aliphatic hydroxyl groups is 1. The average molecular weight is 282 g/mol. The maximum absolute atomic E-state index is 11.7. The number of amides is 2. The van der Waals surface area contributed by atoms with Crippen LogP contribution in [0.5, 0.6) is 0 Å². The molecule has 0 saturated heterocycles. The highest BCUT2D eigenvalue weighted by atomic mass is 32.2. The van der Waals surface area contributed by atoms with Gasteiger partial charge in [0.15, 0.2) is 0 Å². The summed E-state index contributed by atoms with van der Waals surface area (Å²) in [6, 6.07) is 7.14. The summed E-state index contributed by atoms with van der Waals surface area (Å²) in [7, 11) is 0. The van der Waals surface area contributed by atoms with Crippen LogP contribution in [0.15, 0.2) is 24.3 Å². The third-order valence-corrected chi connectivity index (χ3v) is 3.43. The number of hydrogen-bond donors (Lipinski definition) is 3. The van der Waals surface area contributed by atoms with Gasteiger partial charge in [-0.2, -0.15) is 11.8 Å². The van der Waals surface area contributed by atoms with Gasteiger partial charge in [-0.25, -0.2) is 4.79 Å². The summed E-state index contributed by atoms with van der Waals surface area (Å²) < 4.78 is 0. The molecule has 1 rings (SSSR count). The zero-order valence-corrected chi connectivity index (χ0v) is 12.5. The number of hydrogen-bond acceptors (Lipinski definition) is 3. The molecule has 2 atom stereocenters. The van der Waals surface area contributed by atoms with E-state index in [1.807, 2.05) is 6.92 Å². The second kappa shape index (κ2) is 8.07. The van der Waals surface area contributed by atoms with Gasteiger partial charge in [0.25, 0.3) is 0 Å². The molecule has 2 amide bonds. The standard InChI is InChI=1S/C14H22N2O2S/c1-10(8-9-19-3)15-14(18)16-13-6-4-12(5-7-13)11(2)17/h4-7,10-11,17H,8-9H2,1-3H3,(H2,15,16,18). The van der Waals surface area contributed by atoms with Crippen LogP contribution in [0.25, 0.3) is 0 Å². The number of anilines is 1. The molecule has 0 spiro atoms. The number of urea groups is 1. The molecule has 0 aromatic heterocycles. The Kier molecular flexibility index (Phi) is 6.73.